The third-order valence-electron chi connectivity index (χ3n) is 15.9. The Bertz CT molecular complexity index is 2910. The molecule has 6 aromatic rings. The van der Waals surface area contributed by atoms with Gasteiger partial charge < -0.3 is 30.2 Å². The maximum Gasteiger partial charge on any atom is 0.240 e. The maximum atomic E-state index is 13.7. The van der Waals surface area contributed by atoms with Crippen LogP contribution in [0.1, 0.15) is 110 Å². The molecule has 13 rings (SSSR count). The van der Waals surface area contributed by atoms with Gasteiger partial charge in [0.05, 0.1) is 34.1 Å². The number of fused-ring (bicyclic) bond motifs is 14. The molecule has 3 fully saturated rings. The number of aryl methyl sites for hydroxylation is 4. The van der Waals surface area contributed by atoms with Crippen molar-refractivity contribution in [1.82, 2.24) is 35.3 Å². The Hall–Kier alpha value is -5.47. The average Bonchev–Trinajstić information content (AvgIpc) is 4.00. The minimum absolute atomic E-state index is 0.0445. The number of carbonyl (C=O) groups excluding carboxylic acids is 3. The van der Waals surface area contributed by atoms with Gasteiger partial charge in [0.1, 0.15) is 19.0 Å². The molecule has 5 N–H and O–H groups in total. The van der Waals surface area contributed by atoms with Gasteiger partial charge in [-0.25, -0.2) is 4.68 Å². The summed E-state index contributed by atoms with van der Waals surface area (Å²) in [7, 11) is -1.09. The summed E-state index contributed by atoms with van der Waals surface area (Å²) in [5.41, 5.74) is 15.3. The van der Waals surface area contributed by atoms with Crippen LogP contribution in [-0.2, 0) is 62.4 Å². The number of carbonyl (C=O) groups is 3. The molecule has 2 aliphatic heterocycles. The molecule has 3 saturated carbocycles. The molecule has 0 unspecified atom stereocenters. The molecule has 0 radical (unpaired) electrons. The Balaban J connectivity index is 0.000000137. The van der Waals surface area contributed by atoms with E-state index in [2.05, 4.69) is 80.9 Å². The highest BCUT2D eigenvalue weighted by molar-refractivity contribution is 6.76. The normalized spacial score (nSPS) is 20.0. The minimum atomic E-state index is -1.09. The lowest BCUT2D eigenvalue weighted by Crippen LogP contribution is -2.44. The highest BCUT2D eigenvalue weighted by Crippen LogP contribution is 2.54. The van der Waals surface area contributed by atoms with Crippen molar-refractivity contribution in [2.75, 3.05) is 23.4 Å². The molecule has 7 aliphatic rings. The predicted octanol–water partition coefficient (Wildman–Crippen LogP) is 9.08. The fraction of sp³-hybridized carbons (Fsp3) is 0.510. The molecule has 5 aliphatic carbocycles. The lowest BCUT2D eigenvalue weighted by molar-refractivity contribution is -0.126. The molecule has 13 nitrogen and oxygen atoms in total. The topological polar surface area (TPSA) is 166 Å². The Morgan fingerprint density at radius 1 is 0.815 bits per heavy atom. The monoisotopic (exact) mass is 891 g/mol. The maximum absolute atomic E-state index is 13.7. The van der Waals surface area contributed by atoms with E-state index in [1.807, 2.05) is 10.9 Å². The fourth-order valence-electron chi connectivity index (χ4n) is 12.3. The van der Waals surface area contributed by atoms with Crippen molar-refractivity contribution >= 4 is 59.0 Å². The van der Waals surface area contributed by atoms with Crippen LogP contribution in [0.15, 0.2) is 36.7 Å². The first kappa shape index (κ1) is 41.0. The SMILES string of the molecule is C[Si](C)(C)CCOCn1cc2c(n1)-c1[nH]c3cc4c(cc3c1CCC2)NC(=O)C41CCCC1.O=C(CN1C(=O)C2(CCCC2)c2cc3[nH]c4c(c3cc21)CCCc1cn[nH]c1-4)NC1CC1. The molecule has 14 heteroatoms. The van der Waals surface area contributed by atoms with Gasteiger partial charge in [0, 0.05) is 60.1 Å². The van der Waals surface area contributed by atoms with Gasteiger partial charge in [-0.2, -0.15) is 10.2 Å². The summed E-state index contributed by atoms with van der Waals surface area (Å²) in [6.45, 7) is 8.55. The van der Waals surface area contributed by atoms with Crippen LogP contribution in [0.5, 0.6) is 0 Å². The van der Waals surface area contributed by atoms with E-state index in [4.69, 9.17) is 9.84 Å². The zero-order valence-corrected chi connectivity index (χ0v) is 39.1. The van der Waals surface area contributed by atoms with Gasteiger partial charge in [0.2, 0.25) is 17.7 Å². The van der Waals surface area contributed by atoms with E-state index in [0.717, 1.165) is 165 Å². The molecule has 2 spiro atoms. The van der Waals surface area contributed by atoms with Crippen LogP contribution in [0.4, 0.5) is 11.4 Å². The van der Waals surface area contributed by atoms with E-state index < -0.39 is 13.5 Å². The number of aromatic nitrogens is 6. The number of amides is 3. The smallest absolute Gasteiger partial charge is 0.240 e. The van der Waals surface area contributed by atoms with Crippen LogP contribution in [0, 0.1) is 0 Å². The zero-order valence-electron chi connectivity index (χ0n) is 38.1. The molecule has 0 bridgehead atoms. The van der Waals surface area contributed by atoms with Gasteiger partial charge in [-0.05, 0) is 141 Å². The minimum Gasteiger partial charge on any atom is -0.360 e. The molecular formula is C51H61N9O4Si. The van der Waals surface area contributed by atoms with Gasteiger partial charge in [0.15, 0.2) is 0 Å². The Morgan fingerprint density at radius 2 is 1.49 bits per heavy atom. The second kappa shape index (κ2) is 15.3. The molecular weight excluding hydrogens is 831 g/mol. The number of hydrogen-bond donors (Lipinski definition) is 5. The Labute approximate surface area is 380 Å². The number of ether oxygens (including phenoxy) is 1. The quantitative estimate of drug-likeness (QED) is 0.0756. The fourth-order valence-corrected chi connectivity index (χ4v) is 13.1. The number of hydrogen-bond acceptors (Lipinski definition) is 6. The van der Waals surface area contributed by atoms with Crippen molar-refractivity contribution in [2.24, 2.45) is 0 Å². The van der Waals surface area contributed by atoms with Crippen LogP contribution in [-0.4, -0.2) is 74.9 Å². The number of aromatic amines is 3. The van der Waals surface area contributed by atoms with Crippen LogP contribution in [0.25, 0.3) is 44.6 Å². The second-order valence-electron chi connectivity index (χ2n) is 21.4. The van der Waals surface area contributed by atoms with Crippen LogP contribution in [0.2, 0.25) is 25.7 Å². The van der Waals surface area contributed by atoms with E-state index in [0.29, 0.717) is 12.8 Å². The molecule has 0 saturated heterocycles. The van der Waals surface area contributed by atoms with E-state index in [1.165, 1.54) is 39.2 Å². The molecule has 6 heterocycles. The van der Waals surface area contributed by atoms with Crippen LogP contribution < -0.4 is 15.5 Å². The second-order valence-corrected chi connectivity index (χ2v) is 27.1. The summed E-state index contributed by atoms with van der Waals surface area (Å²) >= 11 is 0. The third kappa shape index (κ3) is 6.83. The van der Waals surface area contributed by atoms with Crippen molar-refractivity contribution in [3.63, 3.8) is 0 Å². The summed E-state index contributed by atoms with van der Waals surface area (Å²) in [4.78, 5) is 48.4. The van der Waals surface area contributed by atoms with Gasteiger partial charge in [-0.15, -0.1) is 0 Å². The van der Waals surface area contributed by atoms with E-state index in [-0.39, 0.29) is 29.7 Å². The van der Waals surface area contributed by atoms with Crippen molar-refractivity contribution in [1.29, 1.82) is 0 Å². The first-order valence-electron chi connectivity index (χ1n) is 24.5. The van der Waals surface area contributed by atoms with Crippen molar-refractivity contribution < 1.29 is 19.1 Å². The molecule has 3 amide bonds. The molecule has 0 atom stereocenters. The first-order chi connectivity index (χ1) is 31.5. The first-order valence-corrected chi connectivity index (χ1v) is 28.2. The van der Waals surface area contributed by atoms with Gasteiger partial charge in [-0.1, -0.05) is 45.3 Å². The van der Waals surface area contributed by atoms with Gasteiger partial charge in [-0.3, -0.25) is 19.5 Å². The lowest BCUT2D eigenvalue weighted by Gasteiger charge is -2.23. The number of nitrogens with zero attached hydrogens (tertiary/aromatic N) is 4. The third-order valence-corrected chi connectivity index (χ3v) is 17.6. The standard InChI is InChI=1S/C26H34N4O2Si.C25H27N5O2/c1-33(2,3)12-11-32-16-30-15-17-7-6-8-18-19-13-22-20(14-21(19)27-24(18)23(17)29-30)26(25(31)28-22)9-4-5-10-26;31-21(27-15-6-7-15)13-30-20-10-17-16-5-3-4-14-12-26-29-22(14)23(16)28-19(17)11-18(20)25(24(30)32)8-1-2-9-25/h13-15,27H,4-12,16H2,1-3H3,(H,28,31);10-12,15,28H,1-9,13H2,(H,26,29)(H,27,31). The van der Waals surface area contributed by atoms with Crippen molar-refractivity contribution in [2.45, 2.75) is 152 Å². The molecule has 65 heavy (non-hydrogen) atoms. The van der Waals surface area contributed by atoms with E-state index in [9.17, 15) is 14.4 Å². The summed E-state index contributed by atoms with van der Waals surface area (Å²) < 4.78 is 7.92. The summed E-state index contributed by atoms with van der Waals surface area (Å²) in [6, 6.07) is 10.3. The zero-order chi connectivity index (χ0) is 44.2. The molecule has 2 aromatic carbocycles. The molecule has 4 aromatic heterocycles. The average molecular weight is 892 g/mol. The molecule has 338 valence electrons. The number of nitrogens with one attached hydrogen (secondary N) is 5. The van der Waals surface area contributed by atoms with Crippen LogP contribution in [0.3, 0.4) is 0 Å². The summed E-state index contributed by atoms with van der Waals surface area (Å²) in [5.74, 6) is 0.270. The number of H-pyrrole nitrogens is 3. The largest absolute Gasteiger partial charge is 0.360 e. The van der Waals surface area contributed by atoms with Gasteiger partial charge in [0.25, 0.3) is 0 Å². The van der Waals surface area contributed by atoms with Crippen molar-refractivity contribution in [3.05, 3.63) is 70.0 Å². The van der Waals surface area contributed by atoms with E-state index >= 15 is 0 Å². The Morgan fingerprint density at radius 3 is 2.23 bits per heavy atom. The van der Waals surface area contributed by atoms with E-state index in [1.54, 1.807) is 4.90 Å². The Kier molecular flexibility index (Phi) is 9.65. The number of benzene rings is 2. The van der Waals surface area contributed by atoms with Crippen LogP contribution >= 0.6 is 0 Å². The lowest BCUT2D eigenvalue weighted by atomic mass is 9.80. The highest BCUT2D eigenvalue weighted by atomic mass is 28.3. The number of rotatable bonds is 8. The number of anilines is 2. The van der Waals surface area contributed by atoms with Gasteiger partial charge >= 0.3 is 0 Å². The summed E-state index contributed by atoms with van der Waals surface area (Å²) in [5, 5.41) is 21.1. The van der Waals surface area contributed by atoms with Crippen molar-refractivity contribution in [3.8, 4) is 22.8 Å². The summed E-state index contributed by atoms with van der Waals surface area (Å²) in [6.07, 6.45) is 20.5. The predicted molar refractivity (Wildman–Crippen MR) is 256 cm³/mol. The highest BCUT2D eigenvalue weighted by Gasteiger charge is 2.53.